The van der Waals surface area contributed by atoms with Gasteiger partial charge in [-0.25, -0.2) is 0 Å². The lowest BCUT2D eigenvalue weighted by molar-refractivity contribution is -0.126. The van der Waals surface area contributed by atoms with Crippen LogP contribution in [0, 0.1) is 0 Å². The van der Waals surface area contributed by atoms with Crippen LogP contribution in [-0.2, 0) is 19.1 Å². The lowest BCUT2D eigenvalue weighted by Crippen LogP contribution is -2.52. The van der Waals surface area contributed by atoms with Gasteiger partial charge in [0, 0.05) is 25.5 Å². The molecule has 3 rings (SSSR count). The van der Waals surface area contributed by atoms with E-state index < -0.39 is 0 Å². The molecule has 6 unspecified atom stereocenters. The molecular weight excluding hydrogens is 308 g/mol. The first-order valence-corrected chi connectivity index (χ1v) is 8.61. The van der Waals surface area contributed by atoms with Gasteiger partial charge in [0.1, 0.15) is 12.1 Å². The molecule has 0 aromatic rings. The average molecular weight is 333 g/mol. The van der Waals surface area contributed by atoms with Crippen LogP contribution in [0.1, 0.15) is 38.5 Å². The highest BCUT2D eigenvalue weighted by molar-refractivity contribution is 6.20. The number of amides is 1. The largest absolute Gasteiger partial charge is 0.379 e. The summed E-state index contributed by atoms with van der Waals surface area (Å²) in [4.78, 5) is 18.0. The van der Waals surface area contributed by atoms with E-state index in [4.69, 9.17) is 25.9 Å². The number of carbonyl (C=O) groups excluding carboxylic acids is 1. The molecule has 6 atom stereocenters. The zero-order chi connectivity index (χ0) is 15.5. The Labute approximate surface area is 136 Å². The minimum atomic E-state index is -0.331. The normalized spacial score (nSPS) is 42.5. The van der Waals surface area contributed by atoms with E-state index in [0.717, 1.165) is 38.7 Å². The van der Waals surface area contributed by atoms with Crippen LogP contribution in [-0.4, -0.2) is 55.4 Å². The van der Waals surface area contributed by atoms with Gasteiger partial charge in [-0.2, -0.15) is 5.48 Å². The van der Waals surface area contributed by atoms with Gasteiger partial charge >= 0.3 is 0 Å². The predicted octanol–water partition coefficient (Wildman–Crippen LogP) is 1.12. The smallest absolute Gasteiger partial charge is 0.239 e. The Morgan fingerprint density at radius 3 is 2.86 bits per heavy atom. The summed E-state index contributed by atoms with van der Waals surface area (Å²) >= 11 is 6.22. The van der Waals surface area contributed by atoms with Crippen molar-refractivity contribution in [3.05, 3.63) is 0 Å². The van der Waals surface area contributed by atoms with Crippen molar-refractivity contribution in [1.29, 1.82) is 0 Å². The maximum absolute atomic E-state index is 12.4. The highest BCUT2D eigenvalue weighted by Gasteiger charge is 2.39. The summed E-state index contributed by atoms with van der Waals surface area (Å²) in [5.74, 6) is -0.0432. The van der Waals surface area contributed by atoms with Crippen LogP contribution in [0.25, 0.3) is 0 Å². The molecule has 2 aliphatic heterocycles. The molecule has 1 saturated carbocycles. The molecule has 22 heavy (non-hydrogen) atoms. The van der Waals surface area contributed by atoms with Gasteiger partial charge in [-0.1, -0.05) is 0 Å². The maximum Gasteiger partial charge on any atom is 0.239 e. The number of rotatable bonds is 4. The van der Waals surface area contributed by atoms with Gasteiger partial charge in [0.25, 0.3) is 0 Å². The Morgan fingerprint density at radius 1 is 1.27 bits per heavy atom. The quantitative estimate of drug-likeness (QED) is 0.755. The number of nitrogens with one attached hydrogen (secondary N) is 2. The van der Waals surface area contributed by atoms with E-state index in [1.54, 1.807) is 7.11 Å². The van der Waals surface area contributed by atoms with Crippen molar-refractivity contribution in [3.8, 4) is 0 Å². The molecule has 7 heteroatoms. The van der Waals surface area contributed by atoms with Gasteiger partial charge in [-0.05, 0) is 32.1 Å². The molecule has 0 spiro atoms. The topological polar surface area (TPSA) is 68.8 Å². The molecule has 1 aliphatic carbocycles. The highest BCUT2D eigenvalue weighted by Crippen LogP contribution is 2.27. The van der Waals surface area contributed by atoms with Crippen LogP contribution < -0.4 is 10.8 Å². The van der Waals surface area contributed by atoms with E-state index in [1.807, 2.05) is 0 Å². The predicted molar refractivity (Wildman–Crippen MR) is 81.6 cm³/mol. The molecule has 2 saturated heterocycles. The van der Waals surface area contributed by atoms with Crippen molar-refractivity contribution in [2.45, 2.75) is 74.3 Å². The third-order valence-electron chi connectivity index (χ3n) is 4.88. The Morgan fingerprint density at radius 2 is 2.14 bits per heavy atom. The Balaban J connectivity index is 1.51. The first kappa shape index (κ1) is 16.5. The van der Waals surface area contributed by atoms with Crippen molar-refractivity contribution in [2.75, 3.05) is 13.7 Å². The lowest BCUT2D eigenvalue weighted by Gasteiger charge is -2.34. The first-order valence-electron chi connectivity index (χ1n) is 8.17. The van der Waals surface area contributed by atoms with Crippen LogP contribution in [0.5, 0.6) is 0 Å². The summed E-state index contributed by atoms with van der Waals surface area (Å²) in [6.07, 6.45) is 5.37. The van der Waals surface area contributed by atoms with Crippen LogP contribution in [0.3, 0.4) is 0 Å². The van der Waals surface area contributed by atoms with Crippen LogP contribution >= 0.6 is 11.6 Å². The van der Waals surface area contributed by atoms with Crippen LogP contribution in [0.4, 0.5) is 0 Å². The first-order chi connectivity index (χ1) is 10.7. The second-order valence-corrected chi connectivity index (χ2v) is 7.03. The summed E-state index contributed by atoms with van der Waals surface area (Å²) in [5, 5.41) is 3.17. The number of ether oxygens (including phenoxy) is 2. The van der Waals surface area contributed by atoms with Gasteiger partial charge < -0.3 is 14.8 Å². The van der Waals surface area contributed by atoms with Gasteiger partial charge in [0.05, 0.1) is 18.2 Å². The summed E-state index contributed by atoms with van der Waals surface area (Å²) in [6.45, 7) is 0.788. The molecule has 0 aromatic heterocycles. The van der Waals surface area contributed by atoms with Gasteiger partial charge in [0.15, 0.2) is 0 Å². The number of methoxy groups -OCH3 is 1. The molecule has 2 heterocycles. The summed E-state index contributed by atoms with van der Waals surface area (Å²) in [7, 11) is 1.68. The number of hydrogen-bond donors (Lipinski definition) is 2. The van der Waals surface area contributed by atoms with Gasteiger partial charge in [-0.3, -0.25) is 9.63 Å². The standard InChI is InChI=1S/C15H25ClN2O4/c1-20-12-5-4-9(16)7-10(12)17-15(19)11-8-14(22-18-11)13-3-2-6-21-13/h9-14,18H,2-8H2,1H3,(H,17,19). The summed E-state index contributed by atoms with van der Waals surface area (Å²) in [5.41, 5.74) is 2.85. The molecular formula is C15H25ClN2O4. The van der Waals surface area contributed by atoms with Crippen LogP contribution in [0.15, 0.2) is 0 Å². The van der Waals surface area contributed by atoms with Crippen molar-refractivity contribution in [3.63, 3.8) is 0 Å². The zero-order valence-corrected chi connectivity index (χ0v) is 13.7. The average Bonchev–Trinajstić information content (AvgIpc) is 3.18. The van der Waals surface area contributed by atoms with Crippen molar-refractivity contribution in [1.82, 2.24) is 10.8 Å². The number of hydroxylamine groups is 1. The Bertz CT molecular complexity index is 392. The van der Waals surface area contributed by atoms with E-state index in [9.17, 15) is 4.79 Å². The number of halogens is 1. The zero-order valence-electron chi connectivity index (χ0n) is 12.9. The third kappa shape index (κ3) is 3.74. The SMILES string of the molecule is COC1CCC(Cl)CC1NC(=O)C1CC(C2CCCO2)ON1. The van der Waals surface area contributed by atoms with E-state index >= 15 is 0 Å². The molecule has 3 fully saturated rings. The van der Waals surface area contributed by atoms with Crippen molar-refractivity contribution in [2.24, 2.45) is 0 Å². The second-order valence-electron chi connectivity index (χ2n) is 6.41. The van der Waals surface area contributed by atoms with Crippen LogP contribution in [0.2, 0.25) is 0 Å². The van der Waals surface area contributed by atoms with E-state index in [1.165, 1.54) is 0 Å². The fourth-order valence-electron chi connectivity index (χ4n) is 3.59. The molecule has 1 amide bonds. The second kappa shape index (κ2) is 7.45. The number of hydrogen-bond acceptors (Lipinski definition) is 5. The Kier molecular flexibility index (Phi) is 5.57. The van der Waals surface area contributed by atoms with E-state index in [2.05, 4.69) is 10.8 Å². The molecule has 3 aliphatic rings. The molecule has 0 bridgehead atoms. The molecule has 0 aromatic carbocycles. The fourth-order valence-corrected chi connectivity index (χ4v) is 3.91. The van der Waals surface area contributed by atoms with E-state index in [-0.39, 0.29) is 41.7 Å². The fraction of sp³-hybridized carbons (Fsp3) is 0.933. The minimum Gasteiger partial charge on any atom is -0.379 e. The molecule has 2 N–H and O–H groups in total. The number of alkyl halides is 1. The Hall–Kier alpha value is -0.400. The third-order valence-corrected chi connectivity index (χ3v) is 5.28. The monoisotopic (exact) mass is 332 g/mol. The lowest BCUT2D eigenvalue weighted by atomic mass is 9.91. The molecule has 6 nitrogen and oxygen atoms in total. The summed E-state index contributed by atoms with van der Waals surface area (Å²) < 4.78 is 11.1. The minimum absolute atomic E-state index is 0.0302. The van der Waals surface area contributed by atoms with Crippen molar-refractivity contribution < 1.29 is 19.1 Å². The molecule has 126 valence electrons. The molecule has 0 radical (unpaired) electrons. The van der Waals surface area contributed by atoms with Crippen molar-refractivity contribution >= 4 is 17.5 Å². The van der Waals surface area contributed by atoms with E-state index in [0.29, 0.717) is 6.42 Å². The maximum atomic E-state index is 12.4. The van der Waals surface area contributed by atoms with Gasteiger partial charge in [-0.15, -0.1) is 11.6 Å². The van der Waals surface area contributed by atoms with Gasteiger partial charge in [0.2, 0.25) is 5.91 Å². The summed E-state index contributed by atoms with van der Waals surface area (Å²) in [6, 6.07) is -0.361. The highest BCUT2D eigenvalue weighted by atomic mass is 35.5. The number of carbonyl (C=O) groups is 1.